The zero-order valence-corrected chi connectivity index (χ0v) is 10.2. The second kappa shape index (κ2) is 6.35. The summed E-state index contributed by atoms with van der Waals surface area (Å²) >= 11 is 0. The van der Waals surface area contributed by atoms with Crippen LogP contribution in [0.15, 0.2) is 54.6 Å². The Labute approximate surface area is 107 Å². The molecule has 0 heterocycles. The molecule has 0 aliphatic rings. The Kier molecular flexibility index (Phi) is 4.53. The number of hydrogen-bond donors (Lipinski definition) is 1. The molecular weight excluding hydrogens is 227 g/mol. The van der Waals surface area contributed by atoms with Gasteiger partial charge in [0, 0.05) is 0 Å². The van der Waals surface area contributed by atoms with Crippen molar-refractivity contribution < 1.29 is 14.7 Å². The van der Waals surface area contributed by atoms with E-state index in [0.29, 0.717) is 12.1 Å². The molecule has 0 saturated heterocycles. The molecule has 0 aliphatic carbocycles. The van der Waals surface area contributed by atoms with E-state index < -0.39 is 7.12 Å². The summed E-state index contributed by atoms with van der Waals surface area (Å²) in [7, 11) is -1.06. The zero-order valence-electron chi connectivity index (χ0n) is 10.2. The van der Waals surface area contributed by atoms with E-state index in [2.05, 4.69) is 0 Å². The van der Waals surface area contributed by atoms with Crippen LogP contribution < -0.4 is 5.46 Å². The molecule has 1 N–H and O–H groups in total. The van der Waals surface area contributed by atoms with Gasteiger partial charge in [-0.25, -0.2) is 4.89 Å². The number of aryl methyl sites for hydroxylation is 1. The summed E-state index contributed by atoms with van der Waals surface area (Å²) in [6.07, 6.45) is 0. The van der Waals surface area contributed by atoms with Gasteiger partial charge in [0.15, 0.2) is 0 Å². The molecule has 0 bridgehead atoms. The standard InChI is InChI=1S/C14H15BO3/c1-12-7-9-13(10-8-12)11-17-18-15(16)14-5-3-2-4-6-14/h2-10,16H,11H2,1H3. The summed E-state index contributed by atoms with van der Waals surface area (Å²) in [5, 5.41) is 9.70. The first-order chi connectivity index (χ1) is 8.75. The highest BCUT2D eigenvalue weighted by Gasteiger charge is 2.16. The summed E-state index contributed by atoms with van der Waals surface area (Å²) in [4.78, 5) is 9.94. The molecule has 2 rings (SSSR count). The van der Waals surface area contributed by atoms with Crippen LogP contribution in [0.5, 0.6) is 0 Å². The van der Waals surface area contributed by atoms with Crippen molar-refractivity contribution in [3.63, 3.8) is 0 Å². The van der Waals surface area contributed by atoms with Gasteiger partial charge in [0.1, 0.15) is 6.61 Å². The van der Waals surface area contributed by atoms with E-state index in [1.165, 1.54) is 5.56 Å². The van der Waals surface area contributed by atoms with Crippen molar-refractivity contribution in [2.24, 2.45) is 0 Å². The summed E-state index contributed by atoms with van der Waals surface area (Å²) in [6, 6.07) is 17.0. The number of rotatable bonds is 5. The van der Waals surface area contributed by atoms with E-state index in [1.54, 1.807) is 12.1 Å². The van der Waals surface area contributed by atoms with E-state index in [4.69, 9.17) is 9.69 Å². The first-order valence-electron chi connectivity index (χ1n) is 5.82. The van der Waals surface area contributed by atoms with Crippen LogP contribution in [0.1, 0.15) is 11.1 Å². The minimum atomic E-state index is -1.06. The van der Waals surface area contributed by atoms with Gasteiger partial charge in [-0.1, -0.05) is 60.2 Å². The first-order valence-corrected chi connectivity index (χ1v) is 5.82. The average Bonchev–Trinajstić information content (AvgIpc) is 2.42. The van der Waals surface area contributed by atoms with Crippen LogP contribution in [-0.4, -0.2) is 12.1 Å². The van der Waals surface area contributed by atoms with Gasteiger partial charge in [-0.2, -0.15) is 0 Å². The van der Waals surface area contributed by atoms with E-state index in [9.17, 15) is 5.02 Å². The van der Waals surface area contributed by atoms with Crippen LogP contribution in [0, 0.1) is 6.92 Å². The van der Waals surface area contributed by atoms with Crippen LogP contribution in [0.4, 0.5) is 0 Å². The second-order valence-corrected chi connectivity index (χ2v) is 4.11. The average molecular weight is 242 g/mol. The van der Waals surface area contributed by atoms with E-state index in [0.717, 1.165) is 5.56 Å². The largest absolute Gasteiger partial charge is 0.523 e. The zero-order chi connectivity index (χ0) is 12.8. The highest BCUT2D eigenvalue weighted by atomic mass is 17.2. The topological polar surface area (TPSA) is 38.7 Å². The maximum atomic E-state index is 9.70. The van der Waals surface area contributed by atoms with Crippen LogP contribution in [-0.2, 0) is 16.3 Å². The SMILES string of the molecule is Cc1ccc(COOB(O)c2ccccc2)cc1. The van der Waals surface area contributed by atoms with Crippen molar-refractivity contribution in [1.29, 1.82) is 0 Å². The highest BCUT2D eigenvalue weighted by molar-refractivity contribution is 6.59. The molecule has 0 atom stereocenters. The molecule has 92 valence electrons. The Hall–Kier alpha value is -1.62. The number of hydrogen-bond acceptors (Lipinski definition) is 3. The van der Waals surface area contributed by atoms with E-state index >= 15 is 0 Å². The van der Waals surface area contributed by atoms with Crippen LogP contribution in [0.3, 0.4) is 0 Å². The maximum Gasteiger partial charge on any atom is 0.523 e. The molecule has 0 spiro atoms. The maximum absolute atomic E-state index is 9.70. The van der Waals surface area contributed by atoms with Gasteiger partial charge in [-0.05, 0) is 17.9 Å². The molecule has 0 saturated carbocycles. The third kappa shape index (κ3) is 3.70. The quantitative estimate of drug-likeness (QED) is 0.494. The van der Waals surface area contributed by atoms with Gasteiger partial charge in [0.25, 0.3) is 0 Å². The molecule has 2 aromatic carbocycles. The monoisotopic (exact) mass is 242 g/mol. The molecule has 3 nitrogen and oxygen atoms in total. The van der Waals surface area contributed by atoms with Crippen molar-refractivity contribution >= 4 is 12.6 Å². The predicted molar refractivity (Wildman–Crippen MR) is 71.1 cm³/mol. The normalized spacial score (nSPS) is 10.3. The van der Waals surface area contributed by atoms with Crippen LogP contribution >= 0.6 is 0 Å². The van der Waals surface area contributed by atoms with Gasteiger partial charge in [-0.15, -0.1) is 0 Å². The van der Waals surface area contributed by atoms with Gasteiger partial charge >= 0.3 is 7.12 Å². The van der Waals surface area contributed by atoms with Crippen molar-refractivity contribution in [2.45, 2.75) is 13.5 Å². The van der Waals surface area contributed by atoms with Crippen molar-refractivity contribution in [3.05, 3.63) is 65.7 Å². The molecule has 0 unspecified atom stereocenters. The smallest absolute Gasteiger partial charge is 0.422 e. The van der Waals surface area contributed by atoms with Gasteiger partial charge in [0.2, 0.25) is 0 Å². The minimum Gasteiger partial charge on any atom is -0.422 e. The minimum absolute atomic E-state index is 0.310. The van der Waals surface area contributed by atoms with Crippen molar-refractivity contribution in [2.75, 3.05) is 0 Å². The van der Waals surface area contributed by atoms with Gasteiger partial charge in [0.05, 0.1) is 0 Å². The van der Waals surface area contributed by atoms with Crippen LogP contribution in [0.2, 0.25) is 0 Å². The molecule has 18 heavy (non-hydrogen) atoms. The molecule has 0 fully saturated rings. The molecule has 0 amide bonds. The summed E-state index contributed by atoms with van der Waals surface area (Å²) in [6.45, 7) is 2.34. The Morgan fingerprint density at radius 1 is 1.00 bits per heavy atom. The van der Waals surface area contributed by atoms with Gasteiger partial charge < -0.3 is 5.02 Å². The lowest BCUT2D eigenvalue weighted by atomic mass is 9.80. The molecular formula is C14H15BO3. The summed E-state index contributed by atoms with van der Waals surface area (Å²) < 4.78 is 0. The Balaban J connectivity index is 1.80. The molecule has 0 aliphatic heterocycles. The molecule has 2 aromatic rings. The van der Waals surface area contributed by atoms with E-state index in [1.807, 2.05) is 49.4 Å². The lowest BCUT2D eigenvalue weighted by Crippen LogP contribution is -2.33. The third-order valence-corrected chi connectivity index (χ3v) is 2.59. The predicted octanol–water partition coefficient (Wildman–Crippen LogP) is 1.83. The highest BCUT2D eigenvalue weighted by Crippen LogP contribution is 2.04. The molecule has 0 radical (unpaired) electrons. The fraction of sp³-hybridized carbons (Fsp3) is 0.143. The Morgan fingerprint density at radius 3 is 2.33 bits per heavy atom. The van der Waals surface area contributed by atoms with Crippen molar-refractivity contribution in [1.82, 2.24) is 0 Å². The van der Waals surface area contributed by atoms with Crippen LogP contribution in [0.25, 0.3) is 0 Å². The number of benzene rings is 2. The lowest BCUT2D eigenvalue weighted by Gasteiger charge is -2.07. The molecule has 0 aromatic heterocycles. The lowest BCUT2D eigenvalue weighted by molar-refractivity contribution is -0.231. The third-order valence-electron chi connectivity index (χ3n) is 2.59. The summed E-state index contributed by atoms with van der Waals surface area (Å²) in [5.74, 6) is 0. The fourth-order valence-electron chi connectivity index (χ4n) is 1.52. The second-order valence-electron chi connectivity index (χ2n) is 4.11. The molecule has 4 heteroatoms. The summed E-state index contributed by atoms with van der Waals surface area (Å²) in [5.41, 5.74) is 2.87. The van der Waals surface area contributed by atoms with E-state index in [-0.39, 0.29) is 0 Å². The Morgan fingerprint density at radius 2 is 1.67 bits per heavy atom. The Bertz CT molecular complexity index is 470. The first kappa shape index (κ1) is 12.8. The fourth-order valence-corrected chi connectivity index (χ4v) is 1.52. The van der Waals surface area contributed by atoms with Crippen molar-refractivity contribution in [3.8, 4) is 0 Å². The van der Waals surface area contributed by atoms with Gasteiger partial charge in [-0.3, -0.25) is 4.81 Å².